The zero-order valence-electron chi connectivity index (χ0n) is 18.8. The molecule has 2 saturated carbocycles. The van der Waals surface area contributed by atoms with Gasteiger partial charge in [0.2, 0.25) is 0 Å². The van der Waals surface area contributed by atoms with Crippen LogP contribution in [0.1, 0.15) is 81.2 Å². The Labute approximate surface area is 158 Å². The van der Waals surface area contributed by atoms with E-state index in [1.165, 1.54) is 56.3 Å². The molecule has 2 heteroatoms. The number of hydrogen-bond donors (Lipinski definition) is 0. The van der Waals surface area contributed by atoms with Crippen molar-refractivity contribution in [3.8, 4) is 0 Å². The van der Waals surface area contributed by atoms with Crippen LogP contribution in [0.2, 0.25) is 0 Å². The lowest BCUT2D eigenvalue weighted by molar-refractivity contribution is 0.183. The summed E-state index contributed by atoms with van der Waals surface area (Å²) in [5.74, 6) is 0.508. The Morgan fingerprint density at radius 3 is 2.28 bits per heavy atom. The molecule has 4 rings (SSSR count). The Bertz CT molecular complexity index is 728. The lowest BCUT2D eigenvalue weighted by atomic mass is 9.85. The molecule has 0 N–H and O–H groups in total. The van der Waals surface area contributed by atoms with Crippen molar-refractivity contribution in [1.82, 2.24) is 4.90 Å². The first-order chi connectivity index (χ1) is 13.4. The minimum Gasteiger partial charge on any atom is -0.350 e. The van der Waals surface area contributed by atoms with Crippen LogP contribution in [0.25, 0.3) is 0 Å². The predicted molar refractivity (Wildman–Crippen MR) is 106 cm³/mol. The van der Waals surface area contributed by atoms with Gasteiger partial charge in [0.1, 0.15) is 6.17 Å². The van der Waals surface area contributed by atoms with Crippen LogP contribution in [0, 0.1) is 12.8 Å². The third kappa shape index (κ3) is 2.98. The highest BCUT2D eigenvalue weighted by molar-refractivity contribution is 5.60. The second-order valence-electron chi connectivity index (χ2n) is 8.18. The Morgan fingerprint density at radius 2 is 1.60 bits per heavy atom. The Kier molecular flexibility index (Phi) is 3.87. The monoisotopic (exact) mass is 341 g/mol. The zero-order chi connectivity index (χ0) is 19.9. The topological polar surface area (TPSA) is 6.48 Å². The summed E-state index contributed by atoms with van der Waals surface area (Å²) < 4.78 is 25.5. The molecule has 2 nitrogen and oxygen atoms in total. The fraction of sp³-hybridized carbons (Fsp3) is 0.652. The molecule has 0 aromatic heterocycles. The molecule has 3 aliphatic rings. The molecule has 1 aromatic carbocycles. The van der Waals surface area contributed by atoms with Crippen molar-refractivity contribution in [2.45, 2.75) is 90.7 Å². The van der Waals surface area contributed by atoms with Crippen molar-refractivity contribution >= 4 is 5.69 Å². The van der Waals surface area contributed by atoms with Gasteiger partial charge in [-0.3, -0.25) is 0 Å². The quantitative estimate of drug-likeness (QED) is 0.644. The summed E-state index contributed by atoms with van der Waals surface area (Å²) in [6, 6.07) is 8.62. The smallest absolute Gasteiger partial charge is 0.103 e. The molecule has 1 unspecified atom stereocenters. The molecule has 1 aliphatic heterocycles. The third-order valence-electron chi connectivity index (χ3n) is 6.60. The van der Waals surface area contributed by atoms with Gasteiger partial charge in [0.05, 0.1) is 0 Å². The molecule has 0 radical (unpaired) electrons. The van der Waals surface area contributed by atoms with Crippen LogP contribution in [-0.2, 0) is 0 Å². The van der Waals surface area contributed by atoms with Crippen LogP contribution >= 0.6 is 0 Å². The number of rotatable bonds is 3. The first-order valence-electron chi connectivity index (χ1n) is 11.7. The fourth-order valence-corrected chi connectivity index (χ4v) is 5.36. The summed E-state index contributed by atoms with van der Waals surface area (Å²) in [6.07, 6.45) is 10.4. The summed E-state index contributed by atoms with van der Waals surface area (Å²) in [5, 5.41) is 0. The van der Waals surface area contributed by atoms with Crippen molar-refractivity contribution < 1.29 is 4.11 Å². The van der Waals surface area contributed by atoms with E-state index in [9.17, 15) is 0 Å². The molecule has 1 aromatic rings. The van der Waals surface area contributed by atoms with E-state index < -0.39 is 13.0 Å². The molecule has 136 valence electrons. The first-order valence-corrected chi connectivity index (χ1v) is 10.2. The van der Waals surface area contributed by atoms with Crippen LogP contribution in [0.5, 0.6) is 0 Å². The highest BCUT2D eigenvalue weighted by Crippen LogP contribution is 2.45. The lowest BCUT2D eigenvalue weighted by Gasteiger charge is -2.39. The molecule has 2 fully saturated rings. The highest BCUT2D eigenvalue weighted by atomic mass is 15.4. The average Bonchev–Trinajstić information content (AvgIpc) is 3.28. The van der Waals surface area contributed by atoms with E-state index in [1.54, 1.807) is 0 Å². The van der Waals surface area contributed by atoms with E-state index in [-0.39, 0.29) is 0 Å². The van der Waals surface area contributed by atoms with Crippen LogP contribution < -0.4 is 4.90 Å². The average molecular weight is 342 g/mol. The largest absolute Gasteiger partial charge is 0.350 e. The van der Waals surface area contributed by atoms with Crippen LogP contribution in [-0.4, -0.2) is 17.1 Å². The van der Waals surface area contributed by atoms with E-state index in [1.807, 2.05) is 12.1 Å². The first kappa shape index (κ1) is 13.7. The zero-order valence-corrected chi connectivity index (χ0v) is 15.8. The van der Waals surface area contributed by atoms with Gasteiger partial charge in [0, 0.05) is 33.2 Å². The molecular formula is C23H34N2. The van der Waals surface area contributed by atoms with Crippen LogP contribution in [0.4, 0.5) is 5.69 Å². The summed E-state index contributed by atoms with van der Waals surface area (Å²) in [7, 11) is 0. The van der Waals surface area contributed by atoms with Crippen molar-refractivity contribution in [2.75, 3.05) is 4.90 Å². The van der Waals surface area contributed by atoms with Gasteiger partial charge in [-0.1, -0.05) is 50.3 Å². The van der Waals surface area contributed by atoms with E-state index >= 15 is 0 Å². The molecule has 0 amide bonds. The van der Waals surface area contributed by atoms with Crippen LogP contribution in [0.15, 0.2) is 35.7 Å². The number of hydrogen-bond acceptors (Lipinski definition) is 2. The molecule has 0 saturated heterocycles. The molecule has 0 bridgehead atoms. The molecule has 1 atom stereocenters. The van der Waals surface area contributed by atoms with Gasteiger partial charge in [-0.15, -0.1) is 0 Å². The number of allylic oxidation sites excluding steroid dienone is 2. The number of benzene rings is 1. The van der Waals surface area contributed by atoms with Gasteiger partial charge in [-0.25, -0.2) is 0 Å². The second-order valence-corrected chi connectivity index (χ2v) is 8.18. The number of nitrogens with zero attached hydrogens (tertiary/aromatic N) is 2. The van der Waals surface area contributed by atoms with E-state index in [0.717, 1.165) is 24.1 Å². The second kappa shape index (κ2) is 7.05. The minimum absolute atomic E-state index is 0.367. The minimum atomic E-state index is -2.05. The molecule has 25 heavy (non-hydrogen) atoms. The Hall–Kier alpha value is -1.44. The fourth-order valence-electron chi connectivity index (χ4n) is 5.36. The summed E-state index contributed by atoms with van der Waals surface area (Å²) in [5.41, 5.74) is 4.72. The van der Waals surface area contributed by atoms with Gasteiger partial charge < -0.3 is 9.80 Å². The van der Waals surface area contributed by atoms with Gasteiger partial charge in [-0.2, -0.15) is 0 Å². The summed E-state index contributed by atoms with van der Waals surface area (Å²) in [6.45, 7) is 2.21. The summed E-state index contributed by atoms with van der Waals surface area (Å²) in [4.78, 5) is 4.53. The molecule has 2 aliphatic carbocycles. The maximum Gasteiger partial charge on any atom is 0.103 e. The normalized spacial score (nSPS) is 28.4. The number of para-hydroxylation sites is 1. The summed E-state index contributed by atoms with van der Waals surface area (Å²) >= 11 is 0. The SMILES string of the molecule is [2H]C([2H])([2H])C1N(c2ccccc2C)C(C)=C(C2CCCCC2)N1C1CCCC1. The Morgan fingerprint density at radius 1 is 0.920 bits per heavy atom. The van der Waals surface area contributed by atoms with Crippen molar-refractivity contribution in [3.63, 3.8) is 0 Å². The standard InChI is InChI=1S/C23H34N2/c1-17-11-7-10-16-22(17)24-18(2)23(20-12-5-4-6-13-20)25(19(24)3)21-14-8-9-15-21/h7,10-11,16,19-21H,4-6,8-9,12-15H2,1-3H3/i3D3. The van der Waals surface area contributed by atoms with Gasteiger partial charge >= 0.3 is 0 Å². The highest BCUT2D eigenvalue weighted by Gasteiger charge is 2.41. The molecular weight excluding hydrogens is 304 g/mol. The van der Waals surface area contributed by atoms with Gasteiger partial charge in [0.15, 0.2) is 0 Å². The maximum atomic E-state index is 8.49. The molecule has 1 heterocycles. The van der Waals surface area contributed by atoms with Crippen LogP contribution in [0.3, 0.4) is 0 Å². The number of aryl methyl sites for hydroxylation is 1. The van der Waals surface area contributed by atoms with Crippen molar-refractivity contribution in [2.24, 2.45) is 5.92 Å². The van der Waals surface area contributed by atoms with Gasteiger partial charge in [-0.05, 0) is 58.0 Å². The Balaban J connectivity index is 1.85. The number of anilines is 1. The van der Waals surface area contributed by atoms with E-state index in [4.69, 9.17) is 4.11 Å². The molecule has 0 spiro atoms. The van der Waals surface area contributed by atoms with Gasteiger partial charge in [0.25, 0.3) is 0 Å². The maximum absolute atomic E-state index is 8.49. The third-order valence-corrected chi connectivity index (χ3v) is 6.60. The van der Waals surface area contributed by atoms with Crippen molar-refractivity contribution in [3.05, 3.63) is 41.2 Å². The predicted octanol–water partition coefficient (Wildman–Crippen LogP) is 6.22. The van der Waals surface area contributed by atoms with E-state index in [0.29, 0.717) is 12.0 Å². The van der Waals surface area contributed by atoms with E-state index in [2.05, 4.69) is 35.8 Å². The van der Waals surface area contributed by atoms with Crippen molar-refractivity contribution in [1.29, 1.82) is 0 Å². The lowest BCUT2D eigenvalue weighted by Crippen LogP contribution is -2.44.